The van der Waals surface area contributed by atoms with E-state index in [1.165, 1.54) is 12.1 Å². The van der Waals surface area contributed by atoms with E-state index in [4.69, 9.17) is 10.5 Å². The second-order valence-electron chi connectivity index (χ2n) is 5.33. The molecule has 1 aromatic carbocycles. The Bertz CT molecular complexity index is 467. The van der Waals surface area contributed by atoms with Crippen LogP contribution in [0.5, 0.6) is 5.75 Å². The Labute approximate surface area is 118 Å². The molecule has 1 aliphatic heterocycles. The van der Waals surface area contributed by atoms with Gasteiger partial charge in [0, 0.05) is 19.1 Å². The topological polar surface area (TPSA) is 55.6 Å². The van der Waals surface area contributed by atoms with Crippen molar-refractivity contribution in [3.05, 3.63) is 30.1 Å². The Morgan fingerprint density at radius 2 is 2.25 bits per heavy atom. The number of piperidine rings is 1. The second kappa shape index (κ2) is 6.70. The smallest absolute Gasteiger partial charge is 0.260 e. The summed E-state index contributed by atoms with van der Waals surface area (Å²) < 4.78 is 18.7. The number of halogens is 1. The summed E-state index contributed by atoms with van der Waals surface area (Å²) in [6.07, 6.45) is 1.89. The van der Waals surface area contributed by atoms with Gasteiger partial charge < -0.3 is 15.4 Å². The highest BCUT2D eigenvalue weighted by Gasteiger charge is 2.29. The first-order valence-electron chi connectivity index (χ1n) is 6.98. The number of ether oxygens (including phenoxy) is 1. The van der Waals surface area contributed by atoms with Gasteiger partial charge in [0.2, 0.25) is 0 Å². The van der Waals surface area contributed by atoms with E-state index in [0.717, 1.165) is 12.8 Å². The average molecular weight is 280 g/mol. The summed E-state index contributed by atoms with van der Waals surface area (Å²) in [4.78, 5) is 13.9. The number of amides is 1. The number of carbonyl (C=O) groups is 1. The zero-order valence-corrected chi connectivity index (χ0v) is 11.7. The lowest BCUT2D eigenvalue weighted by atomic mass is 9.92. The molecule has 1 saturated heterocycles. The monoisotopic (exact) mass is 280 g/mol. The van der Waals surface area contributed by atoms with E-state index in [9.17, 15) is 9.18 Å². The molecule has 5 heteroatoms. The number of likely N-dealkylation sites (tertiary alicyclic amines) is 1. The lowest BCUT2D eigenvalue weighted by Crippen LogP contribution is -2.50. The van der Waals surface area contributed by atoms with Crippen LogP contribution in [0.2, 0.25) is 0 Å². The molecule has 0 saturated carbocycles. The van der Waals surface area contributed by atoms with Crippen molar-refractivity contribution < 1.29 is 13.9 Å². The predicted octanol–water partition coefficient (Wildman–Crippen LogP) is 1.79. The van der Waals surface area contributed by atoms with E-state index in [1.807, 2.05) is 0 Å². The van der Waals surface area contributed by atoms with Crippen LogP contribution in [0.3, 0.4) is 0 Å². The molecule has 0 aliphatic carbocycles. The first-order chi connectivity index (χ1) is 9.61. The SMILES string of the molecule is CC1CCN(C(=O)COc2ccccc2F)C(CN)C1. The van der Waals surface area contributed by atoms with Gasteiger partial charge in [0.15, 0.2) is 18.2 Å². The predicted molar refractivity (Wildman–Crippen MR) is 74.8 cm³/mol. The van der Waals surface area contributed by atoms with Crippen LogP contribution in [0.25, 0.3) is 0 Å². The fourth-order valence-corrected chi connectivity index (χ4v) is 2.59. The molecule has 20 heavy (non-hydrogen) atoms. The number of hydrogen-bond donors (Lipinski definition) is 1. The number of rotatable bonds is 4. The van der Waals surface area contributed by atoms with Gasteiger partial charge in [0.05, 0.1) is 0 Å². The zero-order chi connectivity index (χ0) is 14.5. The van der Waals surface area contributed by atoms with Crippen LogP contribution in [-0.4, -0.2) is 36.5 Å². The van der Waals surface area contributed by atoms with Gasteiger partial charge in [-0.25, -0.2) is 4.39 Å². The van der Waals surface area contributed by atoms with E-state index >= 15 is 0 Å². The third-order valence-corrected chi connectivity index (χ3v) is 3.76. The average Bonchev–Trinajstić information content (AvgIpc) is 2.46. The molecule has 1 fully saturated rings. The van der Waals surface area contributed by atoms with Gasteiger partial charge in [-0.2, -0.15) is 0 Å². The highest BCUT2D eigenvalue weighted by atomic mass is 19.1. The fourth-order valence-electron chi connectivity index (χ4n) is 2.59. The van der Waals surface area contributed by atoms with Gasteiger partial charge >= 0.3 is 0 Å². The van der Waals surface area contributed by atoms with Crippen LogP contribution in [0.4, 0.5) is 4.39 Å². The Kier molecular flexibility index (Phi) is 4.95. The first kappa shape index (κ1) is 14.8. The van der Waals surface area contributed by atoms with E-state index in [0.29, 0.717) is 19.0 Å². The quantitative estimate of drug-likeness (QED) is 0.915. The van der Waals surface area contributed by atoms with Gasteiger partial charge in [-0.1, -0.05) is 19.1 Å². The number of hydrogen-bond acceptors (Lipinski definition) is 3. The highest BCUT2D eigenvalue weighted by molar-refractivity contribution is 5.78. The molecule has 1 aliphatic rings. The minimum Gasteiger partial charge on any atom is -0.481 e. The van der Waals surface area contributed by atoms with Crippen LogP contribution in [0, 0.1) is 11.7 Å². The lowest BCUT2D eigenvalue weighted by Gasteiger charge is -2.37. The van der Waals surface area contributed by atoms with Crippen LogP contribution in [-0.2, 0) is 4.79 Å². The second-order valence-corrected chi connectivity index (χ2v) is 5.33. The van der Waals surface area contributed by atoms with Crippen molar-refractivity contribution in [2.75, 3.05) is 19.7 Å². The number of nitrogens with two attached hydrogens (primary N) is 1. The molecule has 2 unspecified atom stereocenters. The van der Waals surface area contributed by atoms with Crippen molar-refractivity contribution in [1.82, 2.24) is 4.90 Å². The van der Waals surface area contributed by atoms with Gasteiger partial charge in [0.25, 0.3) is 5.91 Å². The first-order valence-corrected chi connectivity index (χ1v) is 6.98. The Hall–Kier alpha value is -1.62. The van der Waals surface area contributed by atoms with Crippen molar-refractivity contribution in [3.8, 4) is 5.75 Å². The number of para-hydroxylation sites is 1. The summed E-state index contributed by atoms with van der Waals surface area (Å²) in [6, 6.07) is 6.15. The minimum absolute atomic E-state index is 0.0653. The van der Waals surface area contributed by atoms with Crippen molar-refractivity contribution in [2.45, 2.75) is 25.8 Å². The maximum atomic E-state index is 13.4. The van der Waals surface area contributed by atoms with Crippen LogP contribution < -0.4 is 10.5 Å². The molecule has 2 rings (SSSR count). The van der Waals surface area contributed by atoms with Gasteiger partial charge in [-0.3, -0.25) is 4.79 Å². The number of nitrogens with zero attached hydrogens (tertiary/aromatic N) is 1. The summed E-state index contributed by atoms with van der Waals surface area (Å²) in [6.45, 7) is 3.17. The van der Waals surface area contributed by atoms with Crippen LogP contribution in [0.15, 0.2) is 24.3 Å². The Morgan fingerprint density at radius 1 is 1.50 bits per heavy atom. The van der Waals surface area contributed by atoms with Crippen LogP contribution >= 0.6 is 0 Å². The Balaban J connectivity index is 1.93. The fraction of sp³-hybridized carbons (Fsp3) is 0.533. The zero-order valence-electron chi connectivity index (χ0n) is 11.7. The summed E-state index contributed by atoms with van der Waals surface area (Å²) in [5.74, 6) is 0.106. The molecule has 2 atom stereocenters. The van der Waals surface area contributed by atoms with E-state index in [-0.39, 0.29) is 24.3 Å². The molecule has 110 valence electrons. The molecular weight excluding hydrogens is 259 g/mol. The number of carbonyl (C=O) groups excluding carboxylic acids is 1. The van der Waals surface area contributed by atoms with Gasteiger partial charge in [-0.05, 0) is 30.9 Å². The van der Waals surface area contributed by atoms with E-state index in [1.54, 1.807) is 17.0 Å². The molecule has 2 N–H and O–H groups in total. The molecule has 0 radical (unpaired) electrons. The normalized spacial score (nSPS) is 22.6. The van der Waals surface area contributed by atoms with E-state index in [2.05, 4.69) is 6.92 Å². The molecular formula is C15H21FN2O2. The summed E-state index contributed by atoms with van der Waals surface area (Å²) in [7, 11) is 0. The molecule has 4 nitrogen and oxygen atoms in total. The van der Waals surface area contributed by atoms with Crippen molar-refractivity contribution in [1.29, 1.82) is 0 Å². The van der Waals surface area contributed by atoms with Crippen molar-refractivity contribution in [2.24, 2.45) is 11.7 Å². The third kappa shape index (κ3) is 3.48. The van der Waals surface area contributed by atoms with E-state index < -0.39 is 5.82 Å². The third-order valence-electron chi connectivity index (χ3n) is 3.76. The lowest BCUT2D eigenvalue weighted by molar-refractivity contribution is -0.137. The summed E-state index contributed by atoms with van der Waals surface area (Å²) in [5, 5.41) is 0. The maximum Gasteiger partial charge on any atom is 0.260 e. The summed E-state index contributed by atoms with van der Waals surface area (Å²) >= 11 is 0. The maximum absolute atomic E-state index is 13.4. The number of benzene rings is 1. The van der Waals surface area contributed by atoms with Gasteiger partial charge in [-0.15, -0.1) is 0 Å². The highest BCUT2D eigenvalue weighted by Crippen LogP contribution is 2.22. The largest absolute Gasteiger partial charge is 0.481 e. The Morgan fingerprint density at radius 3 is 2.95 bits per heavy atom. The minimum atomic E-state index is -0.456. The van der Waals surface area contributed by atoms with Crippen LogP contribution in [0.1, 0.15) is 19.8 Å². The molecule has 1 aromatic rings. The molecule has 1 heterocycles. The molecule has 0 aromatic heterocycles. The molecule has 0 bridgehead atoms. The van der Waals surface area contributed by atoms with Crippen molar-refractivity contribution >= 4 is 5.91 Å². The van der Waals surface area contributed by atoms with Crippen molar-refractivity contribution in [3.63, 3.8) is 0 Å². The summed E-state index contributed by atoms with van der Waals surface area (Å²) in [5.41, 5.74) is 5.73. The standard InChI is InChI=1S/C15H21FN2O2/c1-11-6-7-18(12(8-11)9-17)15(19)10-20-14-5-3-2-4-13(14)16/h2-5,11-12H,6-10,17H2,1H3. The molecule has 1 amide bonds. The van der Waals surface area contributed by atoms with Gasteiger partial charge in [0.1, 0.15) is 0 Å². The molecule has 0 spiro atoms.